The fourth-order valence-electron chi connectivity index (χ4n) is 3.31. The lowest BCUT2D eigenvalue weighted by atomic mass is 9.79. The van der Waals surface area contributed by atoms with Gasteiger partial charge in [0.15, 0.2) is 0 Å². The van der Waals surface area contributed by atoms with Crippen molar-refractivity contribution >= 4 is 5.78 Å². The summed E-state index contributed by atoms with van der Waals surface area (Å²) in [6.07, 6.45) is 3.89. The quantitative estimate of drug-likeness (QED) is 0.810. The molecule has 0 amide bonds. The standard InChI is InChI=1S/C18H26FNO/c1-4-14-9-10-18(21)15(11-14)12-20(3)13(2)16-7-5-6-8-17(16)19/h5-8,13-15H,4,9-12H2,1-3H3. The minimum atomic E-state index is -0.168. The average molecular weight is 291 g/mol. The van der Waals surface area contributed by atoms with E-state index in [1.165, 1.54) is 6.07 Å². The third-order valence-electron chi connectivity index (χ3n) is 4.97. The Kier molecular flexibility index (Phi) is 5.51. The van der Waals surface area contributed by atoms with Crippen LogP contribution in [0.3, 0.4) is 0 Å². The van der Waals surface area contributed by atoms with Crippen LogP contribution < -0.4 is 0 Å². The number of Topliss-reactive ketones (excluding diaryl/α,β-unsaturated/α-hetero) is 1. The number of halogens is 1. The molecule has 2 rings (SSSR count). The monoisotopic (exact) mass is 291 g/mol. The molecule has 1 aromatic carbocycles. The molecule has 1 saturated carbocycles. The molecule has 0 radical (unpaired) electrons. The summed E-state index contributed by atoms with van der Waals surface area (Å²) >= 11 is 0. The molecule has 0 spiro atoms. The molecule has 3 heteroatoms. The molecular weight excluding hydrogens is 265 g/mol. The molecule has 0 heterocycles. The SMILES string of the molecule is CCC1CCC(=O)C(CN(C)C(C)c2ccccc2F)C1. The van der Waals surface area contributed by atoms with Crippen LogP contribution in [0.4, 0.5) is 4.39 Å². The number of benzene rings is 1. The summed E-state index contributed by atoms with van der Waals surface area (Å²) < 4.78 is 13.9. The van der Waals surface area contributed by atoms with E-state index >= 15 is 0 Å². The number of ketones is 1. The molecule has 1 fully saturated rings. The number of rotatable bonds is 5. The van der Waals surface area contributed by atoms with Gasteiger partial charge in [0.05, 0.1) is 0 Å². The third-order valence-corrected chi connectivity index (χ3v) is 4.97. The number of carbonyl (C=O) groups excluding carboxylic acids is 1. The predicted molar refractivity (Wildman–Crippen MR) is 83.6 cm³/mol. The second-order valence-electron chi connectivity index (χ2n) is 6.35. The Morgan fingerprint density at radius 1 is 1.38 bits per heavy atom. The normalized spacial score (nSPS) is 24.3. The van der Waals surface area contributed by atoms with Crippen molar-refractivity contribution in [3.05, 3.63) is 35.6 Å². The Bertz CT molecular complexity index is 488. The van der Waals surface area contributed by atoms with E-state index < -0.39 is 0 Å². The van der Waals surface area contributed by atoms with E-state index in [2.05, 4.69) is 11.8 Å². The highest BCUT2D eigenvalue weighted by Crippen LogP contribution is 2.31. The highest BCUT2D eigenvalue weighted by molar-refractivity contribution is 5.81. The third kappa shape index (κ3) is 3.91. The second kappa shape index (κ2) is 7.17. The summed E-state index contributed by atoms with van der Waals surface area (Å²) in [5.41, 5.74) is 0.704. The first kappa shape index (κ1) is 16.2. The van der Waals surface area contributed by atoms with E-state index in [1.54, 1.807) is 6.07 Å². The van der Waals surface area contributed by atoms with Crippen molar-refractivity contribution in [3.8, 4) is 0 Å². The molecule has 1 aliphatic carbocycles. The zero-order valence-corrected chi connectivity index (χ0v) is 13.3. The average Bonchev–Trinajstić information content (AvgIpc) is 2.49. The summed E-state index contributed by atoms with van der Waals surface area (Å²) in [5.74, 6) is 0.998. The van der Waals surface area contributed by atoms with Crippen LogP contribution in [0.2, 0.25) is 0 Å². The lowest BCUT2D eigenvalue weighted by Crippen LogP contribution is -2.36. The van der Waals surface area contributed by atoms with Crippen molar-refractivity contribution in [1.82, 2.24) is 4.90 Å². The molecule has 2 nitrogen and oxygen atoms in total. The summed E-state index contributed by atoms with van der Waals surface area (Å²) in [7, 11) is 1.99. The van der Waals surface area contributed by atoms with Gasteiger partial charge in [0.25, 0.3) is 0 Å². The van der Waals surface area contributed by atoms with Crippen LogP contribution in [0.5, 0.6) is 0 Å². The first-order chi connectivity index (χ1) is 10.0. The summed E-state index contributed by atoms with van der Waals surface area (Å²) in [6.45, 7) is 4.93. The number of carbonyl (C=O) groups is 1. The highest BCUT2D eigenvalue weighted by atomic mass is 19.1. The van der Waals surface area contributed by atoms with Gasteiger partial charge in [-0.1, -0.05) is 31.5 Å². The molecule has 0 bridgehead atoms. The topological polar surface area (TPSA) is 20.3 Å². The fraction of sp³-hybridized carbons (Fsp3) is 0.611. The Balaban J connectivity index is 2.01. The van der Waals surface area contributed by atoms with E-state index in [-0.39, 0.29) is 17.8 Å². The van der Waals surface area contributed by atoms with E-state index in [1.807, 2.05) is 26.1 Å². The summed E-state index contributed by atoms with van der Waals surface area (Å²) in [5, 5.41) is 0. The van der Waals surface area contributed by atoms with Crippen molar-refractivity contribution in [2.75, 3.05) is 13.6 Å². The van der Waals surface area contributed by atoms with Crippen LogP contribution in [-0.4, -0.2) is 24.3 Å². The van der Waals surface area contributed by atoms with E-state index in [0.717, 1.165) is 25.8 Å². The number of hydrogen-bond acceptors (Lipinski definition) is 2. The molecule has 0 aliphatic heterocycles. The number of nitrogens with zero attached hydrogens (tertiary/aromatic N) is 1. The highest BCUT2D eigenvalue weighted by Gasteiger charge is 2.29. The fourth-order valence-corrected chi connectivity index (χ4v) is 3.31. The maximum Gasteiger partial charge on any atom is 0.137 e. The summed E-state index contributed by atoms with van der Waals surface area (Å²) in [4.78, 5) is 14.2. The molecule has 3 unspecified atom stereocenters. The largest absolute Gasteiger partial charge is 0.299 e. The van der Waals surface area contributed by atoms with Crippen LogP contribution in [0.25, 0.3) is 0 Å². The Morgan fingerprint density at radius 2 is 2.10 bits per heavy atom. The smallest absolute Gasteiger partial charge is 0.137 e. The van der Waals surface area contributed by atoms with Crippen molar-refractivity contribution in [2.24, 2.45) is 11.8 Å². The van der Waals surface area contributed by atoms with Gasteiger partial charge in [0.1, 0.15) is 11.6 Å². The van der Waals surface area contributed by atoms with Crippen molar-refractivity contribution in [1.29, 1.82) is 0 Å². The maximum atomic E-state index is 13.9. The van der Waals surface area contributed by atoms with Crippen molar-refractivity contribution < 1.29 is 9.18 Å². The lowest BCUT2D eigenvalue weighted by Gasteiger charge is -2.33. The molecule has 3 atom stereocenters. The minimum Gasteiger partial charge on any atom is -0.299 e. The second-order valence-corrected chi connectivity index (χ2v) is 6.35. The first-order valence-electron chi connectivity index (χ1n) is 8.00. The first-order valence-corrected chi connectivity index (χ1v) is 8.00. The van der Waals surface area contributed by atoms with Gasteiger partial charge in [0.2, 0.25) is 0 Å². The van der Waals surface area contributed by atoms with Crippen molar-refractivity contribution in [3.63, 3.8) is 0 Å². The van der Waals surface area contributed by atoms with Gasteiger partial charge in [-0.05, 0) is 38.8 Å². The Labute approximate surface area is 127 Å². The molecule has 0 aromatic heterocycles. The van der Waals surface area contributed by atoms with Crippen LogP contribution in [0, 0.1) is 17.7 Å². The van der Waals surface area contributed by atoms with Crippen LogP contribution in [0.1, 0.15) is 51.1 Å². The van der Waals surface area contributed by atoms with Gasteiger partial charge in [0, 0.05) is 30.5 Å². The van der Waals surface area contributed by atoms with Crippen molar-refractivity contribution in [2.45, 2.75) is 45.6 Å². The lowest BCUT2D eigenvalue weighted by molar-refractivity contribution is -0.126. The minimum absolute atomic E-state index is 0.0130. The molecular formula is C18H26FNO. The number of hydrogen-bond donors (Lipinski definition) is 0. The van der Waals surface area contributed by atoms with Gasteiger partial charge in [-0.15, -0.1) is 0 Å². The molecule has 0 N–H and O–H groups in total. The van der Waals surface area contributed by atoms with Crippen LogP contribution in [0.15, 0.2) is 24.3 Å². The van der Waals surface area contributed by atoms with Gasteiger partial charge in [-0.25, -0.2) is 4.39 Å². The van der Waals surface area contributed by atoms with Gasteiger partial charge < -0.3 is 0 Å². The maximum absolute atomic E-state index is 13.9. The van der Waals surface area contributed by atoms with Gasteiger partial charge >= 0.3 is 0 Å². The van der Waals surface area contributed by atoms with Gasteiger partial charge in [-0.3, -0.25) is 9.69 Å². The molecule has 1 aliphatic rings. The van der Waals surface area contributed by atoms with E-state index in [4.69, 9.17) is 0 Å². The van der Waals surface area contributed by atoms with Crippen LogP contribution in [-0.2, 0) is 4.79 Å². The Hall–Kier alpha value is -1.22. The zero-order chi connectivity index (χ0) is 15.4. The summed E-state index contributed by atoms with van der Waals surface area (Å²) in [6, 6.07) is 6.89. The molecule has 1 aromatic rings. The van der Waals surface area contributed by atoms with E-state index in [9.17, 15) is 9.18 Å². The molecule has 0 saturated heterocycles. The van der Waals surface area contributed by atoms with Gasteiger partial charge in [-0.2, -0.15) is 0 Å². The zero-order valence-electron chi connectivity index (χ0n) is 13.3. The molecule has 21 heavy (non-hydrogen) atoms. The molecule has 116 valence electrons. The Morgan fingerprint density at radius 3 is 2.76 bits per heavy atom. The van der Waals surface area contributed by atoms with E-state index in [0.29, 0.717) is 23.7 Å². The van der Waals surface area contributed by atoms with Crippen LogP contribution >= 0.6 is 0 Å². The predicted octanol–water partition coefficient (Wildman–Crippen LogP) is 4.21.